The van der Waals surface area contributed by atoms with Gasteiger partial charge in [0.05, 0.1) is 34.9 Å². The third-order valence-electron chi connectivity index (χ3n) is 6.38. The Balaban J connectivity index is 1.72. The first-order valence-corrected chi connectivity index (χ1v) is 9.87. The van der Waals surface area contributed by atoms with Gasteiger partial charge < -0.3 is 14.8 Å². The van der Waals surface area contributed by atoms with E-state index in [1.807, 2.05) is 0 Å². The number of alkyl carbamates (subject to hydrolysis) is 1. The van der Waals surface area contributed by atoms with Crippen molar-refractivity contribution < 1.29 is 37.0 Å². The van der Waals surface area contributed by atoms with Gasteiger partial charge in [-0.2, -0.15) is 18.4 Å². The van der Waals surface area contributed by atoms with Gasteiger partial charge in [0.2, 0.25) is 11.8 Å². The molecule has 5 atom stereocenters. The zero-order valence-corrected chi connectivity index (χ0v) is 17.3. The Morgan fingerprint density at radius 1 is 1.38 bits per heavy atom. The number of ether oxygens (including phenoxy) is 2. The molecule has 0 radical (unpaired) electrons. The number of nitrogens with zero attached hydrogens (tertiary/aromatic N) is 3. The predicted octanol–water partition coefficient (Wildman–Crippen LogP) is 2.14. The Morgan fingerprint density at radius 3 is 2.62 bits per heavy atom. The summed E-state index contributed by atoms with van der Waals surface area (Å²) in [7, 11) is 0. The molecule has 12 heteroatoms. The molecular weight excluding hydrogens is 433 g/mol. The van der Waals surface area contributed by atoms with E-state index in [1.165, 1.54) is 6.07 Å². The number of nitrogens with one attached hydrogen (secondary N) is 1. The van der Waals surface area contributed by atoms with Crippen LogP contribution in [0.15, 0.2) is 12.3 Å². The van der Waals surface area contributed by atoms with Crippen LogP contribution < -0.4 is 10.2 Å². The molecule has 3 aliphatic heterocycles. The number of aromatic nitrogens is 1. The summed E-state index contributed by atoms with van der Waals surface area (Å²) in [6, 6.07) is 1.93. The molecule has 3 saturated heterocycles. The highest BCUT2D eigenvalue weighted by molar-refractivity contribution is 6.23. The van der Waals surface area contributed by atoms with E-state index in [9.17, 15) is 27.6 Å². The number of nitriles is 1. The fourth-order valence-corrected chi connectivity index (χ4v) is 5.11. The number of pyridine rings is 1. The molecule has 32 heavy (non-hydrogen) atoms. The predicted molar refractivity (Wildman–Crippen MR) is 99.9 cm³/mol. The normalized spacial score (nSPS) is 33.3. The Hall–Kier alpha value is -3.20. The maximum absolute atomic E-state index is 13.4. The van der Waals surface area contributed by atoms with Crippen LogP contribution in [0.3, 0.4) is 0 Å². The first-order valence-electron chi connectivity index (χ1n) is 9.87. The molecule has 4 rings (SSSR count). The summed E-state index contributed by atoms with van der Waals surface area (Å²) >= 11 is 0. The number of rotatable bonds is 3. The molecule has 0 unspecified atom stereocenters. The second-order valence-corrected chi connectivity index (χ2v) is 8.39. The average Bonchev–Trinajstić information content (AvgIpc) is 3.21. The second-order valence-electron chi connectivity index (χ2n) is 8.39. The number of imide groups is 1. The molecule has 0 spiro atoms. The topological polar surface area (TPSA) is 122 Å². The number of anilines is 1. The van der Waals surface area contributed by atoms with Gasteiger partial charge in [-0.25, -0.2) is 14.7 Å². The SMILES string of the molecule is CCNC(=O)O[C@@H]1C[C@@]2(C)O[C@]1(C)[C@@H]1C(=O)N(c3cnc(C#N)c(C(F)(F)F)c3)C(=O)[C@@H]12. The standard InChI is InChI=1S/C20H19F3N4O5/c1-4-25-17(30)31-12-6-18(2)13-14(19(12,3)32-18)16(29)27(15(13)28)9-5-10(20(21,22)23)11(7-24)26-8-9/h5,8,12-14H,4,6H2,1-3H3,(H,25,30)/t12-,13-,14+,18-,19+/m1/s1. The first kappa shape index (κ1) is 22.0. The quantitative estimate of drug-likeness (QED) is 0.698. The van der Waals surface area contributed by atoms with Crippen LogP contribution in [0.4, 0.5) is 23.7 Å². The van der Waals surface area contributed by atoms with Gasteiger partial charge in [-0.1, -0.05) is 0 Å². The van der Waals surface area contributed by atoms with Gasteiger partial charge in [0.1, 0.15) is 17.8 Å². The number of fused-ring (bicyclic) bond motifs is 5. The van der Waals surface area contributed by atoms with E-state index in [4.69, 9.17) is 14.7 Å². The highest BCUT2D eigenvalue weighted by atomic mass is 19.4. The van der Waals surface area contributed by atoms with Gasteiger partial charge in [0.15, 0.2) is 5.69 Å². The van der Waals surface area contributed by atoms with Gasteiger partial charge in [-0.05, 0) is 26.8 Å². The lowest BCUT2D eigenvalue weighted by Gasteiger charge is -2.34. The van der Waals surface area contributed by atoms with Crippen LogP contribution in [-0.2, 0) is 25.2 Å². The summed E-state index contributed by atoms with van der Waals surface area (Å²) in [5.41, 5.74) is -5.07. The molecule has 1 aromatic rings. The molecule has 170 valence electrons. The van der Waals surface area contributed by atoms with Crippen LogP contribution in [0.25, 0.3) is 0 Å². The van der Waals surface area contributed by atoms with E-state index in [-0.39, 0.29) is 12.1 Å². The zero-order valence-electron chi connectivity index (χ0n) is 17.3. The van der Waals surface area contributed by atoms with Crippen molar-refractivity contribution in [2.24, 2.45) is 11.8 Å². The van der Waals surface area contributed by atoms with Crippen molar-refractivity contribution in [1.29, 1.82) is 5.26 Å². The Morgan fingerprint density at radius 2 is 2.03 bits per heavy atom. The number of carbonyl (C=O) groups excluding carboxylic acids is 3. The molecule has 1 N–H and O–H groups in total. The van der Waals surface area contributed by atoms with Crippen LogP contribution >= 0.6 is 0 Å². The lowest BCUT2D eigenvalue weighted by atomic mass is 9.67. The molecule has 3 aliphatic rings. The number of hydrogen-bond acceptors (Lipinski definition) is 7. The summed E-state index contributed by atoms with van der Waals surface area (Å²) in [5.74, 6) is -3.51. The van der Waals surface area contributed by atoms with Gasteiger partial charge in [0.25, 0.3) is 0 Å². The summed E-state index contributed by atoms with van der Waals surface area (Å²) in [5, 5.41) is 11.4. The van der Waals surface area contributed by atoms with Gasteiger partial charge in [0, 0.05) is 13.0 Å². The van der Waals surface area contributed by atoms with Crippen molar-refractivity contribution in [3.8, 4) is 6.07 Å². The van der Waals surface area contributed by atoms with E-state index in [1.54, 1.807) is 20.8 Å². The van der Waals surface area contributed by atoms with Crippen molar-refractivity contribution in [3.05, 3.63) is 23.5 Å². The minimum absolute atomic E-state index is 0.147. The maximum atomic E-state index is 13.4. The van der Waals surface area contributed by atoms with Gasteiger partial charge in [-0.3, -0.25) is 9.59 Å². The molecule has 3 fully saturated rings. The van der Waals surface area contributed by atoms with Crippen molar-refractivity contribution in [2.45, 2.75) is 50.7 Å². The van der Waals surface area contributed by atoms with Crippen molar-refractivity contribution >= 4 is 23.6 Å². The molecule has 4 heterocycles. The number of hydrogen-bond donors (Lipinski definition) is 1. The lowest BCUT2D eigenvalue weighted by molar-refractivity contribution is -0.138. The Bertz CT molecular complexity index is 1070. The molecule has 2 bridgehead atoms. The smallest absolute Gasteiger partial charge is 0.419 e. The monoisotopic (exact) mass is 452 g/mol. The van der Waals surface area contributed by atoms with Crippen LogP contribution in [0.2, 0.25) is 0 Å². The van der Waals surface area contributed by atoms with Crippen LogP contribution in [-0.4, -0.2) is 46.7 Å². The van der Waals surface area contributed by atoms with Crippen molar-refractivity contribution in [3.63, 3.8) is 0 Å². The minimum atomic E-state index is -4.90. The Labute approximate surface area is 180 Å². The minimum Gasteiger partial charge on any atom is -0.443 e. The fourth-order valence-electron chi connectivity index (χ4n) is 5.11. The summed E-state index contributed by atoms with van der Waals surface area (Å²) < 4.78 is 51.6. The third-order valence-corrected chi connectivity index (χ3v) is 6.38. The second kappa shape index (κ2) is 6.90. The summed E-state index contributed by atoms with van der Waals surface area (Å²) in [6.45, 7) is 5.20. The van der Waals surface area contributed by atoms with Gasteiger partial charge >= 0.3 is 12.3 Å². The summed E-state index contributed by atoms with van der Waals surface area (Å²) in [6.07, 6.45) is -5.40. The number of carbonyl (C=O) groups is 3. The van der Waals surface area contributed by atoms with E-state index in [2.05, 4.69) is 10.3 Å². The molecular formula is C20H19F3N4O5. The van der Waals surface area contributed by atoms with Crippen molar-refractivity contribution in [1.82, 2.24) is 10.3 Å². The molecule has 0 saturated carbocycles. The highest BCUT2D eigenvalue weighted by Crippen LogP contribution is 2.61. The van der Waals surface area contributed by atoms with Crippen LogP contribution in [0.5, 0.6) is 0 Å². The Kier molecular flexibility index (Phi) is 4.74. The molecule has 1 aromatic heterocycles. The molecule has 0 aromatic carbocycles. The van der Waals surface area contributed by atoms with E-state index >= 15 is 0 Å². The largest absolute Gasteiger partial charge is 0.443 e. The van der Waals surface area contributed by atoms with Crippen LogP contribution in [0, 0.1) is 23.2 Å². The first-order chi connectivity index (χ1) is 14.9. The van der Waals surface area contributed by atoms with Gasteiger partial charge in [-0.15, -0.1) is 0 Å². The highest BCUT2D eigenvalue weighted by Gasteiger charge is 2.77. The molecule has 9 nitrogen and oxygen atoms in total. The molecule has 3 amide bonds. The summed E-state index contributed by atoms with van der Waals surface area (Å²) in [4.78, 5) is 42.6. The number of amides is 3. The third kappa shape index (κ3) is 2.95. The lowest BCUT2D eigenvalue weighted by Crippen LogP contribution is -2.51. The van der Waals surface area contributed by atoms with Crippen molar-refractivity contribution in [2.75, 3.05) is 11.4 Å². The fraction of sp³-hybridized carbons (Fsp3) is 0.550. The molecule has 0 aliphatic carbocycles. The average molecular weight is 452 g/mol. The van der Waals surface area contributed by atoms with E-state index < -0.39 is 64.5 Å². The van der Waals surface area contributed by atoms with Crippen LogP contribution in [0.1, 0.15) is 38.4 Å². The zero-order chi connectivity index (χ0) is 23.6. The number of alkyl halides is 3. The van der Waals surface area contributed by atoms with E-state index in [0.29, 0.717) is 17.5 Å². The number of halogens is 3. The van der Waals surface area contributed by atoms with E-state index in [0.717, 1.165) is 6.20 Å². The maximum Gasteiger partial charge on any atom is 0.419 e.